The van der Waals surface area contributed by atoms with Crippen LogP contribution >= 0.6 is 11.8 Å². The Bertz CT molecular complexity index is 1210. The number of aryl methyl sites for hydroxylation is 1. The molecule has 32 heavy (non-hydrogen) atoms. The summed E-state index contributed by atoms with van der Waals surface area (Å²) in [4.78, 5) is 16.3. The lowest BCUT2D eigenvalue weighted by atomic mass is 10.1. The Balaban J connectivity index is 1.56. The lowest BCUT2D eigenvalue weighted by molar-refractivity contribution is 0.102. The average Bonchev–Trinajstić information content (AvgIpc) is 3.45. The van der Waals surface area contributed by atoms with E-state index in [4.69, 9.17) is 4.74 Å². The minimum atomic E-state index is 0.0885. The number of ether oxygens (including phenoxy) is 1. The summed E-state index contributed by atoms with van der Waals surface area (Å²) in [5.74, 6) is 2.02. The minimum Gasteiger partial charge on any atom is -0.497 e. The van der Waals surface area contributed by atoms with E-state index in [1.807, 2.05) is 42.6 Å². The second-order valence-corrected chi connectivity index (χ2v) is 8.59. The molecule has 2 aromatic heterocycles. The van der Waals surface area contributed by atoms with E-state index < -0.39 is 0 Å². The number of unbranched alkanes of at least 4 members (excludes halogenated alkanes) is 1. The molecule has 0 spiro atoms. The van der Waals surface area contributed by atoms with Gasteiger partial charge in [-0.2, -0.15) is 0 Å². The lowest BCUT2D eigenvalue weighted by Crippen LogP contribution is -2.06. The monoisotopic (exact) mass is 448 g/mol. The van der Waals surface area contributed by atoms with Gasteiger partial charge in [-0.1, -0.05) is 50.2 Å². The van der Waals surface area contributed by atoms with Crippen LogP contribution in [0.2, 0.25) is 0 Å². The van der Waals surface area contributed by atoms with Crippen molar-refractivity contribution in [3.63, 3.8) is 0 Å². The lowest BCUT2D eigenvalue weighted by Gasteiger charge is -2.10. The zero-order valence-corrected chi connectivity index (χ0v) is 19.5. The van der Waals surface area contributed by atoms with Crippen molar-refractivity contribution in [1.29, 1.82) is 0 Å². The smallest absolute Gasteiger partial charge is 0.191 e. The third kappa shape index (κ3) is 4.43. The molecule has 0 unspecified atom stereocenters. The van der Waals surface area contributed by atoms with Crippen molar-refractivity contribution in [2.24, 2.45) is 0 Å². The second-order valence-electron chi connectivity index (χ2n) is 7.65. The summed E-state index contributed by atoms with van der Waals surface area (Å²) in [6.45, 7) is 5.10. The van der Waals surface area contributed by atoms with Gasteiger partial charge in [0.2, 0.25) is 0 Å². The molecule has 0 amide bonds. The first-order valence-electron chi connectivity index (χ1n) is 11.0. The van der Waals surface area contributed by atoms with Crippen LogP contribution in [0.15, 0.2) is 53.8 Å². The third-order valence-electron chi connectivity index (χ3n) is 5.62. The quantitative estimate of drug-likeness (QED) is 0.246. The van der Waals surface area contributed by atoms with E-state index in [1.165, 1.54) is 17.3 Å². The van der Waals surface area contributed by atoms with Crippen LogP contribution in [0.4, 0.5) is 0 Å². The number of ketones is 1. The maximum absolute atomic E-state index is 13.1. The maximum atomic E-state index is 13.1. The molecule has 166 valence electrons. The predicted octanol–water partition coefficient (Wildman–Crippen LogP) is 5.77. The number of aromatic nitrogens is 4. The van der Waals surface area contributed by atoms with Gasteiger partial charge in [0.1, 0.15) is 5.75 Å². The van der Waals surface area contributed by atoms with E-state index >= 15 is 0 Å². The molecule has 2 heterocycles. The first-order chi connectivity index (χ1) is 15.7. The van der Waals surface area contributed by atoms with Crippen LogP contribution in [0, 0.1) is 0 Å². The number of para-hydroxylation sites is 1. The molecule has 2 aromatic carbocycles. The van der Waals surface area contributed by atoms with E-state index in [9.17, 15) is 4.79 Å². The van der Waals surface area contributed by atoms with Gasteiger partial charge in [0.25, 0.3) is 0 Å². The fourth-order valence-corrected chi connectivity index (χ4v) is 4.67. The summed E-state index contributed by atoms with van der Waals surface area (Å²) >= 11 is 1.45. The van der Waals surface area contributed by atoms with Gasteiger partial charge in [0.05, 0.1) is 12.9 Å². The maximum Gasteiger partial charge on any atom is 0.191 e. The first kappa shape index (κ1) is 22.1. The highest BCUT2D eigenvalue weighted by Gasteiger charge is 2.18. The van der Waals surface area contributed by atoms with Gasteiger partial charge in [-0.15, -0.1) is 10.2 Å². The third-order valence-corrected chi connectivity index (χ3v) is 6.58. The summed E-state index contributed by atoms with van der Waals surface area (Å²) in [5.41, 5.74) is 3.99. The van der Waals surface area contributed by atoms with Crippen LogP contribution in [-0.2, 0) is 13.0 Å². The van der Waals surface area contributed by atoms with Crippen LogP contribution < -0.4 is 4.74 Å². The largest absolute Gasteiger partial charge is 0.497 e. The van der Waals surface area contributed by atoms with E-state index in [0.717, 1.165) is 64.6 Å². The predicted molar refractivity (Wildman–Crippen MR) is 130 cm³/mol. The average molecular weight is 449 g/mol. The molecule has 0 atom stereocenters. The van der Waals surface area contributed by atoms with E-state index in [-0.39, 0.29) is 5.78 Å². The number of carbonyl (C=O) groups is 1. The Morgan fingerprint density at radius 3 is 2.66 bits per heavy atom. The van der Waals surface area contributed by atoms with Gasteiger partial charge < -0.3 is 14.3 Å². The normalized spacial score (nSPS) is 11.2. The number of methoxy groups -OCH3 is 1. The summed E-state index contributed by atoms with van der Waals surface area (Å²) < 4.78 is 7.38. The zero-order chi connectivity index (χ0) is 22.5. The highest BCUT2D eigenvalue weighted by Crippen LogP contribution is 2.28. The topological polar surface area (TPSA) is 72.8 Å². The van der Waals surface area contributed by atoms with Crippen molar-refractivity contribution in [2.45, 2.75) is 44.8 Å². The van der Waals surface area contributed by atoms with Crippen LogP contribution in [0.5, 0.6) is 5.75 Å². The number of H-pyrrole nitrogens is 1. The summed E-state index contributed by atoms with van der Waals surface area (Å²) in [7, 11) is 1.65. The number of hydrogen-bond donors (Lipinski definition) is 1. The molecule has 0 fully saturated rings. The van der Waals surface area contributed by atoms with Gasteiger partial charge in [-0.25, -0.2) is 0 Å². The first-order valence-corrected chi connectivity index (χ1v) is 12.0. The van der Waals surface area contributed by atoms with E-state index in [2.05, 4.69) is 39.7 Å². The van der Waals surface area contributed by atoms with Gasteiger partial charge in [0, 0.05) is 34.8 Å². The molecular formula is C25H28N4O2S. The molecule has 0 aliphatic rings. The molecule has 7 heteroatoms. The number of nitrogens with zero attached hydrogens (tertiary/aromatic N) is 3. The SMILES string of the molecule is CCCCn1c(SCC(=O)c2c[nH]c3c(CC)cccc23)nnc1-c1ccc(OC)cc1. The summed E-state index contributed by atoms with van der Waals surface area (Å²) in [6, 6.07) is 13.9. The molecule has 0 radical (unpaired) electrons. The molecule has 0 bridgehead atoms. The van der Waals surface area contributed by atoms with Gasteiger partial charge >= 0.3 is 0 Å². The zero-order valence-electron chi connectivity index (χ0n) is 18.7. The number of fused-ring (bicyclic) bond motifs is 1. The van der Waals surface area contributed by atoms with E-state index in [0.29, 0.717) is 5.75 Å². The summed E-state index contributed by atoms with van der Waals surface area (Å²) in [5, 5.41) is 10.6. The molecule has 4 aromatic rings. The Morgan fingerprint density at radius 2 is 1.94 bits per heavy atom. The fraction of sp³-hybridized carbons (Fsp3) is 0.320. The number of benzene rings is 2. The van der Waals surface area contributed by atoms with Crippen LogP contribution in [0.1, 0.15) is 42.6 Å². The molecule has 0 aliphatic heterocycles. The van der Waals surface area contributed by atoms with Crippen molar-refractivity contribution in [2.75, 3.05) is 12.9 Å². The minimum absolute atomic E-state index is 0.0885. The molecular weight excluding hydrogens is 420 g/mol. The number of rotatable bonds is 10. The van der Waals surface area contributed by atoms with Gasteiger partial charge in [0.15, 0.2) is 16.8 Å². The van der Waals surface area contributed by atoms with Crippen molar-refractivity contribution < 1.29 is 9.53 Å². The van der Waals surface area contributed by atoms with Gasteiger partial charge in [-0.3, -0.25) is 4.79 Å². The number of Topliss-reactive ketones (excluding diaryl/α,β-unsaturated/α-hetero) is 1. The highest BCUT2D eigenvalue weighted by molar-refractivity contribution is 7.99. The van der Waals surface area contributed by atoms with Crippen LogP contribution in [0.3, 0.4) is 0 Å². The van der Waals surface area contributed by atoms with Crippen LogP contribution in [-0.4, -0.2) is 38.4 Å². The van der Waals surface area contributed by atoms with Crippen molar-refractivity contribution in [1.82, 2.24) is 19.7 Å². The van der Waals surface area contributed by atoms with Crippen molar-refractivity contribution in [3.8, 4) is 17.1 Å². The molecule has 0 aliphatic carbocycles. The fourth-order valence-electron chi connectivity index (χ4n) is 3.82. The molecule has 1 N–H and O–H groups in total. The number of aromatic amines is 1. The Morgan fingerprint density at radius 1 is 1.12 bits per heavy atom. The second kappa shape index (κ2) is 10.0. The number of nitrogens with one attached hydrogen (secondary N) is 1. The molecule has 4 rings (SSSR count). The van der Waals surface area contributed by atoms with E-state index in [1.54, 1.807) is 7.11 Å². The molecule has 6 nitrogen and oxygen atoms in total. The molecule has 0 saturated heterocycles. The van der Waals surface area contributed by atoms with Crippen molar-refractivity contribution >= 4 is 28.4 Å². The number of carbonyl (C=O) groups excluding carboxylic acids is 1. The van der Waals surface area contributed by atoms with Crippen molar-refractivity contribution in [3.05, 3.63) is 59.8 Å². The van der Waals surface area contributed by atoms with Crippen LogP contribution in [0.25, 0.3) is 22.3 Å². The number of thioether (sulfide) groups is 1. The standard InChI is InChI=1S/C25H28N4O2S/c1-4-6-14-29-24(18-10-12-19(31-3)13-11-18)27-28-25(29)32-16-22(30)21-15-26-23-17(5-2)8-7-9-20(21)23/h7-13,15,26H,4-6,14,16H2,1-3H3. The highest BCUT2D eigenvalue weighted by atomic mass is 32.2. The Hall–Kier alpha value is -3.06. The number of hydrogen-bond acceptors (Lipinski definition) is 5. The Kier molecular flexibility index (Phi) is 6.95. The molecule has 0 saturated carbocycles. The Labute approximate surface area is 192 Å². The van der Waals surface area contributed by atoms with Gasteiger partial charge in [-0.05, 0) is 42.7 Å². The summed E-state index contributed by atoms with van der Waals surface area (Å²) in [6.07, 6.45) is 4.84.